The predicted octanol–water partition coefficient (Wildman–Crippen LogP) is 1.92. The lowest BCUT2D eigenvalue weighted by atomic mass is 10.3. The van der Waals surface area contributed by atoms with E-state index in [-0.39, 0.29) is 0 Å². The molecule has 0 fully saturated rings. The number of benzene rings is 1. The molecule has 0 bridgehead atoms. The highest BCUT2D eigenvalue weighted by molar-refractivity contribution is 14.1. The summed E-state index contributed by atoms with van der Waals surface area (Å²) in [5, 5.41) is 10.8. The zero-order valence-electron chi connectivity index (χ0n) is 8.48. The number of para-hydroxylation sites is 1. The minimum atomic E-state index is 0.396. The van der Waals surface area contributed by atoms with Gasteiger partial charge in [-0.25, -0.2) is 0 Å². The fraction of sp³-hybridized carbons (Fsp3) is 0.200. The maximum Gasteiger partial charge on any atom is 0.320 e. The molecule has 0 radical (unpaired) electrons. The number of nitrogens with one attached hydrogen (secondary N) is 1. The van der Waals surface area contributed by atoms with Crippen LogP contribution >= 0.6 is 22.6 Å². The Morgan fingerprint density at radius 1 is 1.31 bits per heavy atom. The van der Waals surface area contributed by atoms with Gasteiger partial charge in [-0.05, 0) is 34.7 Å². The fourth-order valence-electron chi connectivity index (χ4n) is 1.21. The Kier molecular flexibility index (Phi) is 3.73. The first-order valence-corrected chi connectivity index (χ1v) is 5.91. The van der Waals surface area contributed by atoms with E-state index in [1.165, 1.54) is 0 Å². The average molecular weight is 330 g/mol. The van der Waals surface area contributed by atoms with Crippen LogP contribution in [0.2, 0.25) is 0 Å². The molecule has 84 valence electrons. The van der Waals surface area contributed by atoms with Gasteiger partial charge < -0.3 is 15.5 Å². The van der Waals surface area contributed by atoms with Gasteiger partial charge in [-0.15, -0.1) is 5.10 Å². The lowest BCUT2D eigenvalue weighted by Crippen LogP contribution is -2.02. The molecule has 0 aliphatic rings. The minimum Gasteiger partial charge on any atom is -0.408 e. The van der Waals surface area contributed by atoms with Gasteiger partial charge >= 0.3 is 6.01 Å². The summed E-state index contributed by atoms with van der Waals surface area (Å²) in [5.41, 5.74) is 6.35. The molecule has 2 aromatic rings. The summed E-state index contributed by atoms with van der Waals surface area (Å²) in [7, 11) is 0. The van der Waals surface area contributed by atoms with Crippen LogP contribution in [0.1, 0.15) is 5.89 Å². The van der Waals surface area contributed by atoms with Crippen molar-refractivity contribution in [1.29, 1.82) is 0 Å². The van der Waals surface area contributed by atoms with E-state index in [1.807, 2.05) is 24.3 Å². The second-order valence-electron chi connectivity index (χ2n) is 3.14. The fourth-order valence-corrected chi connectivity index (χ4v) is 1.73. The van der Waals surface area contributed by atoms with Gasteiger partial charge in [-0.3, -0.25) is 0 Å². The van der Waals surface area contributed by atoms with E-state index >= 15 is 0 Å². The van der Waals surface area contributed by atoms with Crippen molar-refractivity contribution in [2.75, 3.05) is 11.9 Å². The van der Waals surface area contributed by atoms with Gasteiger partial charge in [-0.1, -0.05) is 17.2 Å². The van der Waals surface area contributed by atoms with Crippen molar-refractivity contribution in [3.63, 3.8) is 0 Å². The monoisotopic (exact) mass is 330 g/mol. The maximum absolute atomic E-state index is 5.40. The van der Waals surface area contributed by atoms with E-state index < -0.39 is 0 Å². The van der Waals surface area contributed by atoms with Crippen molar-refractivity contribution < 1.29 is 4.42 Å². The van der Waals surface area contributed by atoms with Crippen LogP contribution in [0.15, 0.2) is 28.7 Å². The van der Waals surface area contributed by atoms with Gasteiger partial charge in [0.15, 0.2) is 0 Å². The van der Waals surface area contributed by atoms with E-state index in [2.05, 4.69) is 38.1 Å². The summed E-state index contributed by atoms with van der Waals surface area (Å²) in [6, 6.07) is 8.27. The van der Waals surface area contributed by atoms with Crippen LogP contribution in [-0.4, -0.2) is 16.7 Å². The van der Waals surface area contributed by atoms with Crippen LogP contribution in [0.25, 0.3) is 0 Å². The Labute approximate surface area is 107 Å². The predicted molar refractivity (Wildman–Crippen MR) is 69.5 cm³/mol. The standard InChI is InChI=1S/C10H11IN4O/c11-7-3-1-2-4-8(7)13-10-15-14-9(16-10)5-6-12/h1-4H,5-6,12H2,(H,13,15). The summed E-state index contributed by atoms with van der Waals surface area (Å²) in [6.07, 6.45) is 0.598. The Hall–Kier alpha value is -1.15. The van der Waals surface area contributed by atoms with E-state index in [0.29, 0.717) is 24.9 Å². The maximum atomic E-state index is 5.40. The highest BCUT2D eigenvalue weighted by Gasteiger charge is 2.06. The van der Waals surface area contributed by atoms with Crippen molar-refractivity contribution in [2.45, 2.75) is 6.42 Å². The van der Waals surface area contributed by atoms with Crippen molar-refractivity contribution in [2.24, 2.45) is 5.73 Å². The molecule has 0 aliphatic heterocycles. The van der Waals surface area contributed by atoms with E-state index in [0.717, 1.165) is 9.26 Å². The van der Waals surface area contributed by atoms with Crippen LogP contribution < -0.4 is 11.1 Å². The van der Waals surface area contributed by atoms with Crippen LogP contribution in [0.4, 0.5) is 11.7 Å². The second kappa shape index (κ2) is 5.26. The Morgan fingerprint density at radius 2 is 2.12 bits per heavy atom. The molecule has 6 heteroatoms. The largest absolute Gasteiger partial charge is 0.408 e. The van der Waals surface area contributed by atoms with Gasteiger partial charge in [0.05, 0.1) is 5.69 Å². The van der Waals surface area contributed by atoms with Gasteiger partial charge in [0, 0.05) is 16.5 Å². The molecule has 1 heterocycles. The third kappa shape index (κ3) is 2.70. The molecule has 0 saturated carbocycles. The molecule has 1 aromatic carbocycles. The molecule has 16 heavy (non-hydrogen) atoms. The summed E-state index contributed by atoms with van der Waals surface area (Å²) in [5.74, 6) is 0.552. The first-order chi connectivity index (χ1) is 7.79. The Bertz CT molecular complexity index is 471. The molecular formula is C10H11IN4O. The summed E-state index contributed by atoms with van der Waals surface area (Å²) >= 11 is 2.24. The van der Waals surface area contributed by atoms with Gasteiger partial charge in [-0.2, -0.15) is 0 Å². The summed E-state index contributed by atoms with van der Waals surface area (Å²) in [4.78, 5) is 0. The number of rotatable bonds is 4. The number of halogens is 1. The van der Waals surface area contributed by atoms with Crippen molar-refractivity contribution >= 4 is 34.3 Å². The molecule has 0 amide bonds. The van der Waals surface area contributed by atoms with Gasteiger partial charge in [0.2, 0.25) is 5.89 Å². The number of anilines is 2. The molecule has 0 spiro atoms. The SMILES string of the molecule is NCCc1nnc(Nc2ccccc2I)o1. The van der Waals surface area contributed by atoms with Crippen molar-refractivity contribution in [3.8, 4) is 0 Å². The summed E-state index contributed by atoms with van der Waals surface area (Å²) in [6.45, 7) is 0.504. The number of nitrogens with two attached hydrogens (primary N) is 1. The first-order valence-electron chi connectivity index (χ1n) is 4.83. The zero-order valence-corrected chi connectivity index (χ0v) is 10.6. The lowest BCUT2D eigenvalue weighted by molar-refractivity contribution is 0.510. The van der Waals surface area contributed by atoms with Crippen LogP contribution in [-0.2, 0) is 6.42 Å². The number of nitrogens with zero attached hydrogens (tertiary/aromatic N) is 2. The molecule has 3 N–H and O–H groups in total. The zero-order chi connectivity index (χ0) is 11.4. The van der Waals surface area contributed by atoms with Crippen LogP contribution in [0, 0.1) is 3.57 Å². The normalized spacial score (nSPS) is 10.4. The quantitative estimate of drug-likeness (QED) is 0.838. The van der Waals surface area contributed by atoms with E-state index in [4.69, 9.17) is 10.2 Å². The van der Waals surface area contributed by atoms with Gasteiger partial charge in [0.1, 0.15) is 0 Å². The van der Waals surface area contributed by atoms with Crippen LogP contribution in [0.3, 0.4) is 0 Å². The number of hydrogen-bond acceptors (Lipinski definition) is 5. The molecule has 0 saturated heterocycles. The third-order valence-corrected chi connectivity index (χ3v) is 2.88. The first kappa shape index (κ1) is 11.3. The summed E-state index contributed by atoms with van der Waals surface area (Å²) < 4.78 is 6.46. The van der Waals surface area contributed by atoms with Crippen molar-refractivity contribution in [3.05, 3.63) is 33.7 Å². The highest BCUT2D eigenvalue weighted by atomic mass is 127. The highest BCUT2D eigenvalue weighted by Crippen LogP contribution is 2.21. The second-order valence-corrected chi connectivity index (χ2v) is 4.31. The number of hydrogen-bond donors (Lipinski definition) is 2. The molecule has 1 aromatic heterocycles. The smallest absolute Gasteiger partial charge is 0.320 e. The van der Waals surface area contributed by atoms with Crippen LogP contribution in [0.5, 0.6) is 0 Å². The van der Waals surface area contributed by atoms with E-state index in [1.54, 1.807) is 0 Å². The molecule has 2 rings (SSSR count). The minimum absolute atomic E-state index is 0.396. The Morgan fingerprint density at radius 3 is 2.88 bits per heavy atom. The average Bonchev–Trinajstić information content (AvgIpc) is 2.70. The molecule has 5 nitrogen and oxygen atoms in total. The molecular weight excluding hydrogens is 319 g/mol. The molecule has 0 atom stereocenters. The lowest BCUT2D eigenvalue weighted by Gasteiger charge is -2.02. The molecule has 0 unspecified atom stereocenters. The topological polar surface area (TPSA) is 77.0 Å². The Balaban J connectivity index is 2.11. The third-order valence-electron chi connectivity index (χ3n) is 1.94. The van der Waals surface area contributed by atoms with E-state index in [9.17, 15) is 0 Å². The van der Waals surface area contributed by atoms with Crippen molar-refractivity contribution in [1.82, 2.24) is 10.2 Å². The number of aromatic nitrogens is 2. The van der Waals surface area contributed by atoms with Gasteiger partial charge in [0.25, 0.3) is 0 Å². The molecule has 0 aliphatic carbocycles.